The van der Waals surface area contributed by atoms with E-state index in [0.29, 0.717) is 11.2 Å². The Morgan fingerprint density at radius 3 is 3.00 bits per heavy atom. The zero-order valence-electron chi connectivity index (χ0n) is 12.2. The fourth-order valence-electron chi connectivity index (χ4n) is 3.30. The first-order valence-corrected chi connectivity index (χ1v) is 8.20. The van der Waals surface area contributed by atoms with E-state index in [0.717, 1.165) is 63.1 Å². The van der Waals surface area contributed by atoms with Crippen LogP contribution < -0.4 is 0 Å². The summed E-state index contributed by atoms with van der Waals surface area (Å²) in [6.07, 6.45) is 7.43. The second-order valence-corrected chi connectivity index (χ2v) is 6.65. The van der Waals surface area contributed by atoms with Crippen LogP contribution in [-0.4, -0.2) is 38.2 Å². The molecule has 1 aromatic heterocycles. The number of aromatic amines is 1. The number of imidazole rings is 1. The molecule has 0 radical (unpaired) electrons. The van der Waals surface area contributed by atoms with Crippen molar-refractivity contribution in [2.75, 3.05) is 6.54 Å². The molecule has 1 aliphatic heterocycles. The number of hydrogen-bond acceptors (Lipinski definition) is 3. The highest BCUT2D eigenvalue weighted by Crippen LogP contribution is 2.45. The van der Waals surface area contributed by atoms with Gasteiger partial charge in [0.05, 0.1) is 11.3 Å². The number of aryl methyl sites for hydroxylation is 1. The number of aliphatic hydroxyl groups is 1. The van der Waals surface area contributed by atoms with Gasteiger partial charge in [0, 0.05) is 19.0 Å². The van der Waals surface area contributed by atoms with E-state index in [-0.39, 0.29) is 0 Å². The fraction of sp³-hybridized carbons (Fsp3) is 0.800. The summed E-state index contributed by atoms with van der Waals surface area (Å²) < 4.78 is 0. The third-order valence-corrected chi connectivity index (χ3v) is 4.96. The van der Waals surface area contributed by atoms with E-state index in [9.17, 15) is 5.11 Å². The monoisotopic (exact) mass is 297 g/mol. The normalized spacial score (nSPS) is 25.2. The molecule has 0 bridgehead atoms. The lowest BCUT2D eigenvalue weighted by Crippen LogP contribution is -2.40. The number of nitrogens with zero attached hydrogens (tertiary/aromatic N) is 2. The molecular formula is C15H24ClN3O. The van der Waals surface area contributed by atoms with Crippen LogP contribution in [0.5, 0.6) is 0 Å². The molecule has 1 saturated heterocycles. The number of unbranched alkanes of at least 4 members (excludes halogenated alkanes) is 1. The molecule has 1 unspecified atom stereocenters. The quantitative estimate of drug-likeness (QED) is 0.849. The minimum atomic E-state index is -0.423. The van der Waals surface area contributed by atoms with Crippen molar-refractivity contribution >= 4 is 11.6 Å². The SMILES string of the molecule is CCCCc1nc(Cl)c(CN2CCCC2C2(O)CC2)[nH]1. The highest BCUT2D eigenvalue weighted by Gasteiger charge is 2.51. The van der Waals surface area contributed by atoms with Crippen molar-refractivity contribution in [1.29, 1.82) is 0 Å². The molecule has 1 saturated carbocycles. The number of hydrogen-bond donors (Lipinski definition) is 2. The van der Waals surface area contributed by atoms with E-state index in [1.807, 2.05) is 0 Å². The van der Waals surface area contributed by atoms with Gasteiger partial charge in [-0.05, 0) is 38.6 Å². The van der Waals surface area contributed by atoms with Gasteiger partial charge in [-0.2, -0.15) is 0 Å². The van der Waals surface area contributed by atoms with E-state index in [1.165, 1.54) is 6.42 Å². The predicted molar refractivity (Wildman–Crippen MR) is 79.8 cm³/mol. The van der Waals surface area contributed by atoms with Gasteiger partial charge in [-0.3, -0.25) is 4.90 Å². The van der Waals surface area contributed by atoms with E-state index < -0.39 is 5.60 Å². The van der Waals surface area contributed by atoms with Crippen molar-refractivity contribution in [1.82, 2.24) is 14.9 Å². The van der Waals surface area contributed by atoms with Crippen LogP contribution in [0.15, 0.2) is 0 Å². The van der Waals surface area contributed by atoms with Crippen molar-refractivity contribution in [2.45, 2.75) is 70.1 Å². The molecule has 4 nitrogen and oxygen atoms in total. The third kappa shape index (κ3) is 2.87. The average molecular weight is 298 g/mol. The second-order valence-electron chi connectivity index (χ2n) is 6.29. The first-order chi connectivity index (χ1) is 9.62. The molecule has 3 rings (SSSR count). The number of likely N-dealkylation sites (tertiary alicyclic amines) is 1. The van der Waals surface area contributed by atoms with Crippen LogP contribution in [0.25, 0.3) is 0 Å². The van der Waals surface area contributed by atoms with Crippen LogP contribution in [-0.2, 0) is 13.0 Å². The Balaban J connectivity index is 1.66. The summed E-state index contributed by atoms with van der Waals surface area (Å²) in [6, 6.07) is 0.306. The maximum atomic E-state index is 10.4. The number of aromatic nitrogens is 2. The Morgan fingerprint density at radius 1 is 1.50 bits per heavy atom. The largest absolute Gasteiger partial charge is 0.388 e. The van der Waals surface area contributed by atoms with Gasteiger partial charge in [0.15, 0.2) is 5.15 Å². The minimum absolute atomic E-state index is 0.306. The first-order valence-electron chi connectivity index (χ1n) is 7.82. The standard InChI is InChI=1S/C15H24ClN3O/c1-2-3-6-13-17-11(14(16)18-13)10-19-9-4-5-12(19)15(20)7-8-15/h12,20H,2-10H2,1H3,(H,17,18). The van der Waals surface area contributed by atoms with Gasteiger partial charge in [0.25, 0.3) is 0 Å². The summed E-state index contributed by atoms with van der Waals surface area (Å²) in [5, 5.41) is 11.0. The van der Waals surface area contributed by atoms with Gasteiger partial charge in [-0.1, -0.05) is 24.9 Å². The molecule has 1 atom stereocenters. The molecular weight excluding hydrogens is 274 g/mol. The molecule has 1 aliphatic carbocycles. The molecule has 2 fully saturated rings. The minimum Gasteiger partial charge on any atom is -0.388 e. The van der Waals surface area contributed by atoms with Crippen LogP contribution in [0.3, 0.4) is 0 Å². The van der Waals surface area contributed by atoms with Crippen molar-refractivity contribution in [3.05, 3.63) is 16.7 Å². The van der Waals surface area contributed by atoms with Gasteiger partial charge in [-0.25, -0.2) is 4.98 Å². The zero-order valence-corrected chi connectivity index (χ0v) is 12.9. The highest BCUT2D eigenvalue weighted by molar-refractivity contribution is 6.30. The van der Waals surface area contributed by atoms with E-state index in [4.69, 9.17) is 11.6 Å². The Labute approximate surface area is 125 Å². The van der Waals surface area contributed by atoms with Crippen LogP contribution >= 0.6 is 11.6 Å². The number of H-pyrrole nitrogens is 1. The molecule has 0 spiro atoms. The van der Waals surface area contributed by atoms with Gasteiger partial charge in [0.1, 0.15) is 5.82 Å². The average Bonchev–Trinajstić information content (AvgIpc) is 2.87. The van der Waals surface area contributed by atoms with Gasteiger partial charge >= 0.3 is 0 Å². The van der Waals surface area contributed by atoms with E-state index in [1.54, 1.807) is 0 Å². The Hall–Kier alpha value is -0.580. The molecule has 112 valence electrons. The summed E-state index contributed by atoms with van der Waals surface area (Å²) in [4.78, 5) is 10.2. The molecule has 1 aromatic rings. The van der Waals surface area contributed by atoms with Crippen molar-refractivity contribution in [3.8, 4) is 0 Å². The molecule has 0 amide bonds. The lowest BCUT2D eigenvalue weighted by atomic mass is 10.1. The lowest BCUT2D eigenvalue weighted by Gasteiger charge is -2.28. The Kier molecular flexibility index (Phi) is 4.07. The van der Waals surface area contributed by atoms with Gasteiger partial charge in [-0.15, -0.1) is 0 Å². The smallest absolute Gasteiger partial charge is 0.151 e. The molecule has 2 heterocycles. The third-order valence-electron chi connectivity index (χ3n) is 4.65. The predicted octanol–water partition coefficient (Wildman–Crippen LogP) is 2.90. The second kappa shape index (κ2) is 5.66. The summed E-state index contributed by atoms with van der Waals surface area (Å²) in [5.74, 6) is 0.993. The molecule has 2 aliphatic rings. The van der Waals surface area contributed by atoms with E-state index in [2.05, 4.69) is 21.8 Å². The fourth-order valence-corrected chi connectivity index (χ4v) is 3.50. The lowest BCUT2D eigenvalue weighted by molar-refractivity contribution is 0.0476. The number of nitrogens with one attached hydrogen (secondary N) is 1. The van der Waals surface area contributed by atoms with Gasteiger partial charge < -0.3 is 10.1 Å². The van der Waals surface area contributed by atoms with Crippen molar-refractivity contribution in [3.63, 3.8) is 0 Å². The Bertz CT molecular complexity index is 470. The van der Waals surface area contributed by atoms with Gasteiger partial charge in [0.2, 0.25) is 0 Å². The molecule has 5 heteroatoms. The summed E-state index contributed by atoms with van der Waals surface area (Å²) >= 11 is 6.25. The maximum absolute atomic E-state index is 10.4. The summed E-state index contributed by atoms with van der Waals surface area (Å²) in [6.45, 7) is 4.01. The Morgan fingerprint density at radius 2 is 2.30 bits per heavy atom. The van der Waals surface area contributed by atoms with Crippen LogP contribution in [0.1, 0.15) is 57.0 Å². The zero-order chi connectivity index (χ0) is 14.2. The topological polar surface area (TPSA) is 52.1 Å². The van der Waals surface area contributed by atoms with Crippen LogP contribution in [0.2, 0.25) is 5.15 Å². The summed E-state index contributed by atoms with van der Waals surface area (Å²) in [7, 11) is 0. The first kappa shape index (κ1) is 14.4. The number of rotatable bonds is 6. The maximum Gasteiger partial charge on any atom is 0.151 e. The van der Waals surface area contributed by atoms with Crippen molar-refractivity contribution in [2.24, 2.45) is 0 Å². The van der Waals surface area contributed by atoms with Crippen molar-refractivity contribution < 1.29 is 5.11 Å². The van der Waals surface area contributed by atoms with Crippen LogP contribution in [0.4, 0.5) is 0 Å². The molecule has 0 aromatic carbocycles. The molecule has 2 N–H and O–H groups in total. The van der Waals surface area contributed by atoms with E-state index >= 15 is 0 Å². The summed E-state index contributed by atoms with van der Waals surface area (Å²) in [5.41, 5.74) is 0.586. The van der Waals surface area contributed by atoms with Crippen LogP contribution in [0, 0.1) is 0 Å². The molecule has 20 heavy (non-hydrogen) atoms. The highest BCUT2D eigenvalue weighted by atomic mass is 35.5. The number of halogens is 1.